The van der Waals surface area contributed by atoms with Gasteiger partial charge in [0.15, 0.2) is 0 Å². The maximum atomic E-state index is 11.1. The van der Waals surface area contributed by atoms with Crippen molar-refractivity contribution in [2.45, 2.75) is 0 Å². The Labute approximate surface area is 83.6 Å². The molecule has 4 heteroatoms. The van der Waals surface area contributed by atoms with Crippen LogP contribution < -0.4 is 0 Å². The molecular formula is C8H6BrClO2. The van der Waals surface area contributed by atoms with Crippen LogP contribution in [0.15, 0.2) is 24.3 Å². The number of benzene rings is 1. The van der Waals surface area contributed by atoms with Crippen molar-refractivity contribution >= 4 is 33.5 Å². The number of rotatable bonds is 2. The maximum absolute atomic E-state index is 11.1. The standard InChI is InChI=1S/C8H6BrClO2/c9-5-12-8(11)6-2-1-3-7(10)4-6/h1-4H,5H2. The van der Waals surface area contributed by atoms with E-state index in [4.69, 9.17) is 16.3 Å². The summed E-state index contributed by atoms with van der Waals surface area (Å²) in [7, 11) is 0. The first kappa shape index (κ1) is 9.55. The van der Waals surface area contributed by atoms with Gasteiger partial charge in [-0.3, -0.25) is 0 Å². The fourth-order valence-corrected chi connectivity index (χ4v) is 1.15. The molecule has 0 saturated heterocycles. The monoisotopic (exact) mass is 248 g/mol. The van der Waals surface area contributed by atoms with Crippen LogP contribution >= 0.6 is 27.5 Å². The van der Waals surface area contributed by atoms with Crippen LogP contribution in [0.4, 0.5) is 0 Å². The van der Waals surface area contributed by atoms with Crippen molar-refractivity contribution in [2.24, 2.45) is 0 Å². The van der Waals surface area contributed by atoms with Crippen LogP contribution in [0.5, 0.6) is 0 Å². The molecule has 0 spiro atoms. The molecule has 0 aromatic heterocycles. The molecule has 0 aliphatic carbocycles. The van der Waals surface area contributed by atoms with Gasteiger partial charge in [-0.2, -0.15) is 0 Å². The number of hydrogen-bond acceptors (Lipinski definition) is 2. The summed E-state index contributed by atoms with van der Waals surface area (Å²) in [5, 5.41) is 0.527. The summed E-state index contributed by atoms with van der Waals surface area (Å²) < 4.78 is 4.70. The van der Waals surface area contributed by atoms with E-state index in [1.807, 2.05) is 0 Å². The molecule has 0 amide bonds. The van der Waals surface area contributed by atoms with Crippen molar-refractivity contribution in [1.29, 1.82) is 0 Å². The van der Waals surface area contributed by atoms with Crippen molar-refractivity contribution in [1.82, 2.24) is 0 Å². The van der Waals surface area contributed by atoms with Crippen molar-refractivity contribution in [3.63, 3.8) is 0 Å². The highest BCUT2D eigenvalue weighted by Crippen LogP contribution is 2.11. The largest absolute Gasteiger partial charge is 0.450 e. The quantitative estimate of drug-likeness (QED) is 0.595. The zero-order chi connectivity index (χ0) is 8.97. The minimum absolute atomic E-state index is 0.193. The first-order chi connectivity index (χ1) is 5.74. The lowest BCUT2D eigenvalue weighted by Crippen LogP contribution is -2.02. The molecule has 0 fully saturated rings. The van der Waals surface area contributed by atoms with Crippen molar-refractivity contribution in [3.8, 4) is 0 Å². The summed E-state index contributed by atoms with van der Waals surface area (Å²) in [6, 6.07) is 6.61. The molecule has 0 heterocycles. The Hall–Kier alpha value is -0.540. The van der Waals surface area contributed by atoms with Crippen molar-refractivity contribution < 1.29 is 9.53 Å². The number of esters is 1. The zero-order valence-corrected chi connectivity index (χ0v) is 8.43. The second-order valence-electron chi connectivity index (χ2n) is 2.05. The maximum Gasteiger partial charge on any atom is 0.339 e. The normalized spacial score (nSPS) is 9.50. The minimum atomic E-state index is -0.380. The minimum Gasteiger partial charge on any atom is -0.450 e. The van der Waals surface area contributed by atoms with Crippen molar-refractivity contribution in [3.05, 3.63) is 34.9 Å². The Morgan fingerprint density at radius 1 is 1.58 bits per heavy atom. The molecule has 0 aliphatic rings. The van der Waals surface area contributed by atoms with Gasteiger partial charge in [0.05, 0.1) is 5.56 Å². The SMILES string of the molecule is O=C(OCBr)c1cccc(Cl)c1. The van der Waals surface area contributed by atoms with Crippen LogP contribution in [0.3, 0.4) is 0 Å². The summed E-state index contributed by atoms with van der Waals surface area (Å²) in [6.45, 7) is 0. The Morgan fingerprint density at radius 2 is 2.33 bits per heavy atom. The van der Waals surface area contributed by atoms with Gasteiger partial charge < -0.3 is 4.74 Å². The number of halogens is 2. The summed E-state index contributed by atoms with van der Waals surface area (Å²) in [4.78, 5) is 11.1. The molecule has 0 N–H and O–H groups in total. The van der Waals surface area contributed by atoms with Crippen LogP contribution in [0.1, 0.15) is 10.4 Å². The van der Waals surface area contributed by atoms with E-state index >= 15 is 0 Å². The van der Waals surface area contributed by atoms with Gasteiger partial charge in [0.2, 0.25) is 0 Å². The summed E-state index contributed by atoms with van der Waals surface area (Å²) in [5.74, 6) is -0.380. The smallest absolute Gasteiger partial charge is 0.339 e. The van der Waals surface area contributed by atoms with E-state index in [1.165, 1.54) is 0 Å². The van der Waals surface area contributed by atoms with Gasteiger partial charge in [-0.05, 0) is 34.1 Å². The van der Waals surface area contributed by atoms with Gasteiger partial charge in [0.1, 0.15) is 5.52 Å². The lowest BCUT2D eigenvalue weighted by molar-refractivity contribution is 0.0584. The van der Waals surface area contributed by atoms with Gasteiger partial charge in [-0.25, -0.2) is 4.79 Å². The summed E-state index contributed by atoms with van der Waals surface area (Å²) in [5.41, 5.74) is 0.653. The Bertz CT molecular complexity index is 288. The number of alkyl halides is 1. The predicted octanol–water partition coefficient (Wildman–Crippen LogP) is 2.85. The number of carbonyl (C=O) groups is 1. The predicted molar refractivity (Wildman–Crippen MR) is 50.7 cm³/mol. The number of carbonyl (C=O) groups excluding carboxylic acids is 1. The zero-order valence-electron chi connectivity index (χ0n) is 6.09. The van der Waals surface area contributed by atoms with Gasteiger partial charge in [0, 0.05) is 5.02 Å². The molecule has 0 unspecified atom stereocenters. The third-order valence-corrected chi connectivity index (χ3v) is 1.71. The van der Waals surface area contributed by atoms with Gasteiger partial charge in [-0.15, -0.1) is 0 Å². The fraction of sp³-hybridized carbons (Fsp3) is 0.125. The summed E-state index contributed by atoms with van der Waals surface area (Å²) >= 11 is 8.66. The van der Waals surface area contributed by atoms with Crippen molar-refractivity contribution in [2.75, 3.05) is 5.52 Å². The molecule has 1 aromatic carbocycles. The topological polar surface area (TPSA) is 26.3 Å². The van der Waals surface area contributed by atoms with E-state index in [-0.39, 0.29) is 11.5 Å². The average Bonchev–Trinajstić information content (AvgIpc) is 2.05. The van der Waals surface area contributed by atoms with Gasteiger partial charge >= 0.3 is 5.97 Å². The highest BCUT2D eigenvalue weighted by Gasteiger charge is 2.05. The number of hydrogen-bond donors (Lipinski definition) is 0. The molecular weight excluding hydrogens is 243 g/mol. The molecule has 0 bridgehead atoms. The van der Waals surface area contributed by atoms with E-state index in [9.17, 15) is 4.79 Å². The third kappa shape index (κ3) is 2.50. The third-order valence-electron chi connectivity index (χ3n) is 1.25. The lowest BCUT2D eigenvalue weighted by Gasteiger charge is -1.99. The molecule has 64 valence electrons. The molecule has 12 heavy (non-hydrogen) atoms. The average molecular weight is 249 g/mol. The van der Waals surface area contributed by atoms with Gasteiger partial charge in [-0.1, -0.05) is 17.7 Å². The molecule has 1 aromatic rings. The van der Waals surface area contributed by atoms with Crippen LogP contribution in [-0.4, -0.2) is 11.5 Å². The summed E-state index contributed by atoms with van der Waals surface area (Å²) in [6.07, 6.45) is 0. The first-order valence-electron chi connectivity index (χ1n) is 3.22. The van der Waals surface area contributed by atoms with E-state index < -0.39 is 0 Å². The molecule has 1 rings (SSSR count). The van der Waals surface area contributed by atoms with Crippen LogP contribution in [0.2, 0.25) is 5.02 Å². The van der Waals surface area contributed by atoms with Crippen LogP contribution in [0, 0.1) is 0 Å². The Balaban J connectivity index is 2.81. The van der Waals surface area contributed by atoms with E-state index in [2.05, 4.69) is 15.9 Å². The Morgan fingerprint density at radius 3 is 2.92 bits per heavy atom. The Kier molecular flexibility index (Phi) is 3.56. The molecule has 0 aliphatic heterocycles. The van der Waals surface area contributed by atoms with Crippen LogP contribution in [0.25, 0.3) is 0 Å². The molecule has 2 nitrogen and oxygen atoms in total. The number of ether oxygens (including phenoxy) is 1. The highest BCUT2D eigenvalue weighted by molar-refractivity contribution is 9.09. The fourth-order valence-electron chi connectivity index (χ4n) is 0.748. The molecule has 0 saturated carbocycles. The molecule has 0 radical (unpaired) electrons. The van der Waals surface area contributed by atoms with Gasteiger partial charge in [0.25, 0.3) is 0 Å². The van der Waals surface area contributed by atoms with Crippen LogP contribution in [-0.2, 0) is 4.74 Å². The second-order valence-corrected chi connectivity index (χ2v) is 2.95. The van der Waals surface area contributed by atoms with E-state index in [0.29, 0.717) is 10.6 Å². The molecule has 0 atom stereocenters. The lowest BCUT2D eigenvalue weighted by atomic mass is 10.2. The highest BCUT2D eigenvalue weighted by atomic mass is 79.9. The van der Waals surface area contributed by atoms with E-state index in [1.54, 1.807) is 24.3 Å². The first-order valence-corrected chi connectivity index (χ1v) is 4.72. The second kappa shape index (κ2) is 4.48. The van der Waals surface area contributed by atoms with E-state index in [0.717, 1.165) is 0 Å².